The zero-order valence-electron chi connectivity index (χ0n) is 18.6. The summed E-state index contributed by atoms with van der Waals surface area (Å²) >= 11 is 0. The van der Waals surface area contributed by atoms with Crippen molar-refractivity contribution in [1.29, 1.82) is 0 Å². The largest absolute Gasteiger partial charge is 0.336 e. The number of nitro groups is 1. The Morgan fingerprint density at radius 3 is 2.34 bits per heavy atom. The Balaban J connectivity index is 1.43. The molecular formula is C24H27N5O3. The molecule has 2 aromatic carbocycles. The van der Waals surface area contributed by atoms with Crippen LogP contribution in [0.5, 0.6) is 0 Å². The molecule has 8 heteroatoms. The van der Waals surface area contributed by atoms with E-state index in [1.54, 1.807) is 24.0 Å². The number of rotatable bonds is 5. The minimum Gasteiger partial charge on any atom is -0.336 e. The number of aromatic nitrogens is 2. The van der Waals surface area contributed by atoms with Gasteiger partial charge < -0.3 is 4.90 Å². The molecule has 166 valence electrons. The van der Waals surface area contributed by atoms with Crippen molar-refractivity contribution in [2.24, 2.45) is 0 Å². The average Bonchev–Trinajstić information content (AvgIpc) is 3.08. The van der Waals surface area contributed by atoms with E-state index >= 15 is 0 Å². The fraction of sp³-hybridized carbons (Fsp3) is 0.333. The summed E-state index contributed by atoms with van der Waals surface area (Å²) < 4.78 is 1.98. The van der Waals surface area contributed by atoms with Crippen molar-refractivity contribution in [2.75, 3.05) is 26.2 Å². The maximum Gasteiger partial charge on any atom is 0.273 e. The molecule has 0 atom stereocenters. The number of benzene rings is 2. The van der Waals surface area contributed by atoms with E-state index in [4.69, 9.17) is 5.10 Å². The normalized spacial score (nSPS) is 14.5. The molecule has 3 aromatic rings. The molecule has 1 aromatic heterocycles. The molecule has 1 amide bonds. The standard InChI is InChI=1S/C24H27N5O3/c1-17-21(10-7-11-23(17)29(31)32)24(30)27-14-12-26(13-15-27)16-22-18(2)25-28(19(22)3)20-8-5-4-6-9-20/h4-11H,12-16H2,1-3H3. The Bertz CT molecular complexity index is 1150. The molecule has 0 aliphatic carbocycles. The van der Waals surface area contributed by atoms with Crippen molar-refractivity contribution in [1.82, 2.24) is 19.6 Å². The Kier molecular flexibility index (Phi) is 6.05. The van der Waals surface area contributed by atoms with Crippen molar-refractivity contribution >= 4 is 11.6 Å². The quantitative estimate of drug-likeness (QED) is 0.453. The van der Waals surface area contributed by atoms with Crippen LogP contribution in [0.2, 0.25) is 0 Å². The van der Waals surface area contributed by atoms with Crippen LogP contribution in [0.1, 0.15) is 32.9 Å². The predicted molar refractivity (Wildman–Crippen MR) is 122 cm³/mol. The lowest BCUT2D eigenvalue weighted by Gasteiger charge is -2.35. The van der Waals surface area contributed by atoms with E-state index in [2.05, 4.69) is 11.8 Å². The highest BCUT2D eigenvalue weighted by Gasteiger charge is 2.26. The topological polar surface area (TPSA) is 84.5 Å². The van der Waals surface area contributed by atoms with E-state index in [0.29, 0.717) is 24.2 Å². The first-order valence-corrected chi connectivity index (χ1v) is 10.7. The molecule has 0 radical (unpaired) electrons. The van der Waals surface area contributed by atoms with Crippen LogP contribution in [0.15, 0.2) is 48.5 Å². The lowest BCUT2D eigenvalue weighted by molar-refractivity contribution is -0.385. The second kappa shape index (κ2) is 8.92. The van der Waals surface area contributed by atoms with Gasteiger partial charge in [0.1, 0.15) is 0 Å². The number of para-hydroxylation sites is 1. The van der Waals surface area contributed by atoms with Crippen LogP contribution in [-0.4, -0.2) is 56.6 Å². The maximum absolute atomic E-state index is 13.0. The number of hydrogen-bond donors (Lipinski definition) is 0. The zero-order valence-corrected chi connectivity index (χ0v) is 18.6. The van der Waals surface area contributed by atoms with Crippen LogP contribution in [0.4, 0.5) is 5.69 Å². The van der Waals surface area contributed by atoms with Crippen LogP contribution in [0, 0.1) is 30.9 Å². The van der Waals surface area contributed by atoms with Gasteiger partial charge in [-0.3, -0.25) is 19.8 Å². The zero-order chi connectivity index (χ0) is 22.8. The molecule has 4 rings (SSSR count). The molecule has 0 saturated carbocycles. The van der Waals surface area contributed by atoms with Gasteiger partial charge in [0, 0.05) is 61.2 Å². The molecule has 0 unspecified atom stereocenters. The molecule has 0 spiro atoms. The number of amides is 1. The molecule has 32 heavy (non-hydrogen) atoms. The van der Waals surface area contributed by atoms with Crippen LogP contribution >= 0.6 is 0 Å². The SMILES string of the molecule is Cc1nn(-c2ccccc2)c(C)c1CN1CCN(C(=O)c2cccc([N+](=O)[O-])c2C)CC1. The highest BCUT2D eigenvalue weighted by atomic mass is 16.6. The van der Waals surface area contributed by atoms with Gasteiger partial charge in [-0.05, 0) is 39.0 Å². The second-order valence-corrected chi connectivity index (χ2v) is 8.17. The lowest BCUT2D eigenvalue weighted by Crippen LogP contribution is -2.48. The Hall–Kier alpha value is -3.52. The van der Waals surface area contributed by atoms with E-state index in [1.807, 2.05) is 41.9 Å². The van der Waals surface area contributed by atoms with Gasteiger partial charge in [0.05, 0.1) is 16.3 Å². The van der Waals surface area contributed by atoms with Gasteiger partial charge in [-0.2, -0.15) is 5.10 Å². The molecule has 8 nitrogen and oxygen atoms in total. The van der Waals surface area contributed by atoms with E-state index in [-0.39, 0.29) is 11.6 Å². The molecule has 1 fully saturated rings. The van der Waals surface area contributed by atoms with Crippen LogP contribution < -0.4 is 0 Å². The number of aryl methyl sites for hydroxylation is 1. The third-order valence-electron chi connectivity index (χ3n) is 6.22. The smallest absolute Gasteiger partial charge is 0.273 e. The molecule has 0 bridgehead atoms. The van der Waals surface area contributed by atoms with Crippen LogP contribution in [-0.2, 0) is 6.54 Å². The fourth-order valence-electron chi connectivity index (χ4n) is 4.28. The summed E-state index contributed by atoms with van der Waals surface area (Å²) in [7, 11) is 0. The summed E-state index contributed by atoms with van der Waals surface area (Å²) in [6.07, 6.45) is 0. The van der Waals surface area contributed by atoms with Gasteiger partial charge in [0.25, 0.3) is 11.6 Å². The number of nitro benzene ring substituents is 1. The van der Waals surface area contributed by atoms with Gasteiger partial charge in [0.15, 0.2) is 0 Å². The summed E-state index contributed by atoms with van der Waals surface area (Å²) in [5.41, 5.74) is 5.20. The fourth-order valence-corrected chi connectivity index (χ4v) is 4.28. The first kappa shape index (κ1) is 21.7. The minimum absolute atomic E-state index is 0.0177. The summed E-state index contributed by atoms with van der Waals surface area (Å²) in [6, 6.07) is 14.8. The Morgan fingerprint density at radius 1 is 1.00 bits per heavy atom. The molecule has 1 aliphatic heterocycles. The predicted octanol–water partition coefficient (Wildman–Crippen LogP) is 3.66. The van der Waals surface area contributed by atoms with Gasteiger partial charge in [0.2, 0.25) is 0 Å². The van der Waals surface area contributed by atoms with E-state index in [9.17, 15) is 14.9 Å². The minimum atomic E-state index is -0.440. The highest BCUT2D eigenvalue weighted by molar-refractivity contribution is 5.96. The maximum atomic E-state index is 13.0. The number of hydrogen-bond acceptors (Lipinski definition) is 5. The summed E-state index contributed by atoms with van der Waals surface area (Å²) in [6.45, 7) is 9.21. The lowest BCUT2D eigenvalue weighted by atomic mass is 10.1. The van der Waals surface area contributed by atoms with Crippen molar-refractivity contribution in [2.45, 2.75) is 27.3 Å². The molecular weight excluding hydrogens is 406 g/mol. The van der Waals surface area contributed by atoms with E-state index in [0.717, 1.165) is 36.7 Å². The average molecular weight is 434 g/mol. The number of carbonyl (C=O) groups is 1. The third-order valence-corrected chi connectivity index (χ3v) is 6.22. The summed E-state index contributed by atoms with van der Waals surface area (Å²) in [4.78, 5) is 27.9. The van der Waals surface area contributed by atoms with E-state index in [1.165, 1.54) is 11.6 Å². The van der Waals surface area contributed by atoms with E-state index < -0.39 is 4.92 Å². The molecule has 1 saturated heterocycles. The monoisotopic (exact) mass is 433 g/mol. The number of nitrogens with zero attached hydrogens (tertiary/aromatic N) is 5. The van der Waals surface area contributed by atoms with Gasteiger partial charge in [-0.25, -0.2) is 4.68 Å². The molecule has 1 aliphatic rings. The third kappa shape index (κ3) is 4.13. The first-order valence-electron chi connectivity index (χ1n) is 10.7. The van der Waals surface area contributed by atoms with Gasteiger partial charge in [-0.15, -0.1) is 0 Å². The van der Waals surface area contributed by atoms with Gasteiger partial charge >= 0.3 is 0 Å². The molecule has 0 N–H and O–H groups in total. The Morgan fingerprint density at radius 2 is 1.69 bits per heavy atom. The molecule has 2 heterocycles. The van der Waals surface area contributed by atoms with Crippen molar-refractivity contribution in [3.63, 3.8) is 0 Å². The highest BCUT2D eigenvalue weighted by Crippen LogP contribution is 2.24. The first-order chi connectivity index (χ1) is 15.4. The summed E-state index contributed by atoms with van der Waals surface area (Å²) in [5, 5.41) is 15.9. The van der Waals surface area contributed by atoms with Crippen molar-refractivity contribution < 1.29 is 9.72 Å². The van der Waals surface area contributed by atoms with Gasteiger partial charge in [-0.1, -0.05) is 24.3 Å². The van der Waals surface area contributed by atoms with Crippen LogP contribution in [0.25, 0.3) is 5.69 Å². The van der Waals surface area contributed by atoms with Crippen molar-refractivity contribution in [3.8, 4) is 5.69 Å². The van der Waals surface area contributed by atoms with Crippen molar-refractivity contribution in [3.05, 3.63) is 86.7 Å². The number of carbonyl (C=O) groups excluding carboxylic acids is 1. The summed E-state index contributed by atoms with van der Waals surface area (Å²) in [5.74, 6) is -0.143. The van der Waals surface area contributed by atoms with Crippen LogP contribution in [0.3, 0.4) is 0 Å². The Labute approximate surface area is 187 Å². The second-order valence-electron chi connectivity index (χ2n) is 8.17. The number of piperazine rings is 1.